The maximum absolute atomic E-state index is 2.62. The maximum atomic E-state index is 2.62. The van der Waals surface area contributed by atoms with Crippen LogP contribution in [-0.4, -0.2) is 0 Å². The Hall–Kier alpha value is -6.44. The molecule has 5 aliphatic rings. The molecule has 0 aromatic heterocycles. The summed E-state index contributed by atoms with van der Waals surface area (Å²) in [6.45, 7) is 16.7. The minimum atomic E-state index is -0.494. The molecule has 0 bridgehead atoms. The summed E-state index contributed by atoms with van der Waals surface area (Å²) < 4.78 is 0. The molecule has 0 fully saturated rings. The van der Waals surface area contributed by atoms with Crippen LogP contribution in [0.15, 0.2) is 158 Å². The Morgan fingerprint density at radius 1 is 0.391 bits per heavy atom. The van der Waals surface area contributed by atoms with Gasteiger partial charge in [0.15, 0.2) is 0 Å². The predicted molar refractivity (Wildman–Crippen MR) is 267 cm³/mol. The van der Waals surface area contributed by atoms with Crippen LogP contribution >= 0.6 is 0 Å². The molecule has 8 aromatic rings. The fraction of sp³-hybridized carbons (Fsp3) is 0.238. The van der Waals surface area contributed by atoms with Crippen LogP contribution in [0.3, 0.4) is 0 Å². The number of benzene rings is 8. The van der Waals surface area contributed by atoms with Gasteiger partial charge in [-0.2, -0.15) is 0 Å². The molecule has 0 heterocycles. The van der Waals surface area contributed by atoms with E-state index in [9.17, 15) is 0 Å². The standard InChI is InChI=1S/C63H55N/c1-60(2,3)42-27-30-51-57(35-42)63(43-25-23-38-19-21-40(38)33-43,44-26-24-39-20-22-41(39)34-44)54-17-12-18-58(59(51)54)64(45-28-31-49-47-13-8-10-15-52(47)61(4,5)55(49)36-45)46-29-32-50-48-14-9-11-16-53(48)62(6,7)56(50)37-46/h8-18,23-37H,19-22H2,1-7H3. The lowest BCUT2D eigenvalue weighted by atomic mass is 9.65. The van der Waals surface area contributed by atoms with Crippen molar-refractivity contribution < 1.29 is 0 Å². The molecule has 0 N–H and O–H groups in total. The van der Waals surface area contributed by atoms with Crippen LogP contribution < -0.4 is 4.90 Å². The van der Waals surface area contributed by atoms with Crippen molar-refractivity contribution in [3.63, 3.8) is 0 Å². The van der Waals surface area contributed by atoms with Crippen molar-refractivity contribution in [2.75, 3.05) is 4.90 Å². The third-order valence-corrected chi connectivity index (χ3v) is 16.5. The molecule has 64 heavy (non-hydrogen) atoms. The number of hydrogen-bond acceptors (Lipinski definition) is 1. The molecule has 0 amide bonds. The molecular weight excluding hydrogens is 771 g/mol. The van der Waals surface area contributed by atoms with Crippen LogP contribution in [0.4, 0.5) is 17.1 Å². The first kappa shape index (κ1) is 38.1. The van der Waals surface area contributed by atoms with Crippen LogP contribution in [0.5, 0.6) is 0 Å². The Kier molecular flexibility index (Phi) is 7.64. The largest absolute Gasteiger partial charge is 0.310 e. The Morgan fingerprint density at radius 3 is 1.38 bits per heavy atom. The van der Waals surface area contributed by atoms with Gasteiger partial charge in [-0.15, -0.1) is 0 Å². The molecule has 0 spiro atoms. The van der Waals surface area contributed by atoms with E-state index in [0.29, 0.717) is 0 Å². The first-order chi connectivity index (χ1) is 30.8. The van der Waals surface area contributed by atoms with Gasteiger partial charge in [0.1, 0.15) is 0 Å². The number of rotatable bonds is 5. The zero-order valence-corrected chi connectivity index (χ0v) is 38.3. The highest BCUT2D eigenvalue weighted by molar-refractivity contribution is 5.99. The monoisotopic (exact) mass is 825 g/mol. The highest BCUT2D eigenvalue weighted by Crippen LogP contribution is 2.62. The van der Waals surface area contributed by atoms with E-state index in [1.54, 1.807) is 0 Å². The van der Waals surface area contributed by atoms with Crippen LogP contribution in [0.1, 0.15) is 121 Å². The van der Waals surface area contributed by atoms with Crippen molar-refractivity contribution >= 4 is 17.1 Å². The van der Waals surface area contributed by atoms with E-state index in [2.05, 4.69) is 211 Å². The quantitative estimate of drug-likeness (QED) is 0.167. The second-order valence-electron chi connectivity index (χ2n) is 21.6. The summed E-state index contributed by atoms with van der Waals surface area (Å²) in [5, 5.41) is 0. The normalized spacial score (nSPS) is 16.8. The minimum Gasteiger partial charge on any atom is -0.310 e. The fourth-order valence-corrected chi connectivity index (χ4v) is 12.7. The smallest absolute Gasteiger partial charge is 0.0714 e. The second kappa shape index (κ2) is 12.9. The molecule has 0 saturated carbocycles. The average Bonchev–Trinajstić information content (AvgIpc) is 3.79. The van der Waals surface area contributed by atoms with Crippen molar-refractivity contribution in [2.45, 2.75) is 95.8 Å². The molecule has 0 aliphatic heterocycles. The fourth-order valence-electron chi connectivity index (χ4n) is 12.7. The van der Waals surface area contributed by atoms with Gasteiger partial charge in [0.2, 0.25) is 0 Å². The van der Waals surface area contributed by atoms with Crippen molar-refractivity contribution in [1.29, 1.82) is 0 Å². The van der Waals surface area contributed by atoms with Gasteiger partial charge in [-0.25, -0.2) is 0 Å². The van der Waals surface area contributed by atoms with Crippen molar-refractivity contribution in [3.8, 4) is 33.4 Å². The molecule has 5 aliphatic carbocycles. The summed E-state index contributed by atoms with van der Waals surface area (Å²) in [4.78, 5) is 2.62. The first-order valence-corrected chi connectivity index (χ1v) is 23.7. The van der Waals surface area contributed by atoms with Gasteiger partial charge in [0.25, 0.3) is 0 Å². The Balaban J connectivity index is 1.12. The molecule has 0 atom stereocenters. The molecule has 0 radical (unpaired) electrons. The number of hydrogen-bond donors (Lipinski definition) is 0. The van der Waals surface area contributed by atoms with E-state index in [4.69, 9.17) is 0 Å². The summed E-state index contributed by atoms with van der Waals surface area (Å²) in [5.41, 5.74) is 29.3. The molecule has 13 rings (SSSR count). The van der Waals surface area contributed by atoms with E-state index in [0.717, 1.165) is 12.8 Å². The van der Waals surface area contributed by atoms with Crippen LogP contribution in [0.25, 0.3) is 33.4 Å². The summed E-state index contributed by atoms with van der Waals surface area (Å²) in [7, 11) is 0. The number of fused-ring (bicyclic) bond motifs is 11. The summed E-state index contributed by atoms with van der Waals surface area (Å²) in [6, 6.07) is 62.4. The molecule has 8 aromatic carbocycles. The topological polar surface area (TPSA) is 3.24 Å². The van der Waals surface area contributed by atoms with Gasteiger partial charge in [-0.05, 0) is 162 Å². The lowest BCUT2D eigenvalue weighted by Gasteiger charge is -2.37. The Morgan fingerprint density at radius 2 is 0.875 bits per heavy atom. The van der Waals surface area contributed by atoms with Crippen LogP contribution in [0, 0.1) is 0 Å². The van der Waals surface area contributed by atoms with E-state index in [1.807, 2.05) is 0 Å². The number of aryl methyl sites for hydroxylation is 4. The Bertz CT molecular complexity index is 3170. The zero-order valence-electron chi connectivity index (χ0n) is 38.3. The summed E-state index contributed by atoms with van der Waals surface area (Å²) >= 11 is 0. The lowest BCUT2D eigenvalue weighted by molar-refractivity contribution is 0.588. The third kappa shape index (κ3) is 4.96. The average molecular weight is 826 g/mol. The molecule has 1 heteroatoms. The first-order valence-electron chi connectivity index (χ1n) is 23.7. The SMILES string of the molecule is CC(C)(C)c1ccc2c(c1)C(c1ccc3c(c1)CC3)(c1ccc3c(c1)CC3)c1cccc(N(c3ccc4c(c3)C(C)(C)c3ccccc3-4)c3ccc4c(c3)C(C)(C)c3ccccc3-4)c1-2. The zero-order chi connectivity index (χ0) is 43.5. The summed E-state index contributed by atoms with van der Waals surface area (Å²) in [6.07, 6.45) is 4.65. The third-order valence-electron chi connectivity index (χ3n) is 16.5. The molecule has 312 valence electrons. The lowest BCUT2D eigenvalue weighted by Crippen LogP contribution is -2.31. The second-order valence-corrected chi connectivity index (χ2v) is 21.6. The van der Waals surface area contributed by atoms with Crippen molar-refractivity contribution in [1.82, 2.24) is 0 Å². The van der Waals surface area contributed by atoms with Crippen molar-refractivity contribution in [2.24, 2.45) is 0 Å². The van der Waals surface area contributed by atoms with Gasteiger partial charge in [0.05, 0.1) is 11.1 Å². The highest BCUT2D eigenvalue weighted by atomic mass is 15.1. The molecule has 1 nitrogen and oxygen atoms in total. The van der Waals surface area contributed by atoms with E-state index in [1.165, 1.54) is 136 Å². The molecule has 0 saturated heterocycles. The van der Waals surface area contributed by atoms with E-state index >= 15 is 0 Å². The predicted octanol–water partition coefficient (Wildman–Crippen LogP) is 15.6. The number of nitrogens with zero attached hydrogens (tertiary/aromatic N) is 1. The maximum Gasteiger partial charge on any atom is 0.0714 e. The molecular formula is C63H55N. The minimum absolute atomic E-state index is 0.0189. The van der Waals surface area contributed by atoms with Gasteiger partial charge in [0, 0.05) is 27.8 Å². The Labute approximate surface area is 379 Å². The van der Waals surface area contributed by atoms with Gasteiger partial charge >= 0.3 is 0 Å². The van der Waals surface area contributed by atoms with Gasteiger partial charge in [-0.3, -0.25) is 0 Å². The van der Waals surface area contributed by atoms with Crippen LogP contribution in [-0.2, 0) is 47.3 Å². The van der Waals surface area contributed by atoms with Crippen LogP contribution in [0.2, 0.25) is 0 Å². The van der Waals surface area contributed by atoms with E-state index in [-0.39, 0.29) is 16.2 Å². The van der Waals surface area contributed by atoms with E-state index < -0.39 is 5.41 Å². The number of anilines is 3. The van der Waals surface area contributed by atoms with Gasteiger partial charge in [-0.1, -0.05) is 176 Å². The van der Waals surface area contributed by atoms with Crippen molar-refractivity contribution in [3.05, 3.63) is 230 Å². The summed E-state index contributed by atoms with van der Waals surface area (Å²) in [5.74, 6) is 0. The molecule has 0 unspecified atom stereocenters. The van der Waals surface area contributed by atoms with Gasteiger partial charge < -0.3 is 4.90 Å². The highest BCUT2D eigenvalue weighted by Gasteiger charge is 2.49.